The summed E-state index contributed by atoms with van der Waals surface area (Å²) in [6.07, 6.45) is 6.78. The first-order chi connectivity index (χ1) is 9.43. The molecule has 0 amide bonds. The van der Waals surface area contributed by atoms with Crippen molar-refractivity contribution in [3.05, 3.63) is 24.3 Å². The fraction of sp³-hybridized carbons (Fsp3) is 0.625. The second-order valence-corrected chi connectivity index (χ2v) is 5.60. The van der Waals surface area contributed by atoms with Gasteiger partial charge in [-0.25, -0.2) is 0 Å². The van der Waals surface area contributed by atoms with Gasteiger partial charge in [-0.15, -0.1) is 0 Å². The van der Waals surface area contributed by atoms with Crippen molar-refractivity contribution in [3.63, 3.8) is 0 Å². The van der Waals surface area contributed by atoms with Gasteiger partial charge in [0.25, 0.3) is 0 Å². The lowest BCUT2D eigenvalue weighted by Crippen LogP contribution is -2.37. The number of anilines is 2. The SMILES string of the molecule is c1ccc(N2CCOCC2)c(NC2CCCCC2)c1. The second-order valence-electron chi connectivity index (χ2n) is 5.60. The van der Waals surface area contributed by atoms with Crippen LogP contribution >= 0.6 is 0 Å². The molecule has 0 aromatic heterocycles. The number of morpholine rings is 1. The quantitative estimate of drug-likeness (QED) is 0.902. The lowest BCUT2D eigenvalue weighted by molar-refractivity contribution is 0.123. The summed E-state index contributed by atoms with van der Waals surface area (Å²) in [5, 5.41) is 3.76. The summed E-state index contributed by atoms with van der Waals surface area (Å²) in [7, 11) is 0. The lowest BCUT2D eigenvalue weighted by Gasteiger charge is -2.32. The third kappa shape index (κ3) is 3.21. The minimum atomic E-state index is 0.663. The Bertz CT molecular complexity index is 395. The van der Waals surface area contributed by atoms with E-state index in [-0.39, 0.29) is 0 Å². The highest BCUT2D eigenvalue weighted by Crippen LogP contribution is 2.29. The van der Waals surface area contributed by atoms with Gasteiger partial charge in [0.1, 0.15) is 0 Å². The Hall–Kier alpha value is -1.22. The zero-order valence-electron chi connectivity index (χ0n) is 11.6. The Morgan fingerprint density at radius 2 is 1.74 bits per heavy atom. The van der Waals surface area contributed by atoms with Gasteiger partial charge in [0.05, 0.1) is 24.6 Å². The molecule has 1 aromatic rings. The van der Waals surface area contributed by atoms with Crippen LogP contribution in [0.1, 0.15) is 32.1 Å². The summed E-state index contributed by atoms with van der Waals surface area (Å²) in [4.78, 5) is 2.44. The molecule has 3 rings (SSSR count). The maximum absolute atomic E-state index is 5.45. The number of hydrogen-bond donors (Lipinski definition) is 1. The number of hydrogen-bond acceptors (Lipinski definition) is 3. The third-order valence-electron chi connectivity index (χ3n) is 4.22. The van der Waals surface area contributed by atoms with E-state index in [4.69, 9.17) is 4.74 Å². The Morgan fingerprint density at radius 1 is 1.00 bits per heavy atom. The maximum atomic E-state index is 5.45. The highest BCUT2D eigenvalue weighted by Gasteiger charge is 2.17. The summed E-state index contributed by atoms with van der Waals surface area (Å²) in [5.41, 5.74) is 2.65. The van der Waals surface area contributed by atoms with Gasteiger partial charge in [-0.1, -0.05) is 31.4 Å². The van der Waals surface area contributed by atoms with Crippen LogP contribution in [0.3, 0.4) is 0 Å². The Balaban J connectivity index is 1.72. The normalized spacial score (nSPS) is 21.4. The van der Waals surface area contributed by atoms with Crippen LogP contribution in [0.5, 0.6) is 0 Å². The molecule has 1 saturated carbocycles. The van der Waals surface area contributed by atoms with Crippen LogP contribution in [0.15, 0.2) is 24.3 Å². The van der Waals surface area contributed by atoms with E-state index in [9.17, 15) is 0 Å². The van der Waals surface area contributed by atoms with E-state index in [1.54, 1.807) is 0 Å². The van der Waals surface area contributed by atoms with Crippen LogP contribution < -0.4 is 10.2 Å². The number of rotatable bonds is 3. The Labute approximate surface area is 115 Å². The van der Waals surface area contributed by atoms with Gasteiger partial charge >= 0.3 is 0 Å². The fourth-order valence-corrected chi connectivity index (χ4v) is 3.14. The highest BCUT2D eigenvalue weighted by atomic mass is 16.5. The molecule has 0 unspecified atom stereocenters. The third-order valence-corrected chi connectivity index (χ3v) is 4.22. The molecule has 2 fully saturated rings. The van der Waals surface area contributed by atoms with Gasteiger partial charge < -0.3 is 15.0 Å². The van der Waals surface area contributed by atoms with Crippen molar-refractivity contribution in [2.45, 2.75) is 38.1 Å². The van der Waals surface area contributed by atoms with Crippen molar-refractivity contribution in [3.8, 4) is 0 Å². The van der Waals surface area contributed by atoms with Gasteiger partial charge in [-0.3, -0.25) is 0 Å². The minimum Gasteiger partial charge on any atom is -0.381 e. The summed E-state index contributed by atoms with van der Waals surface area (Å²) in [5.74, 6) is 0. The first-order valence-corrected chi connectivity index (χ1v) is 7.62. The largest absolute Gasteiger partial charge is 0.381 e. The molecule has 1 aliphatic carbocycles. The number of nitrogens with zero attached hydrogens (tertiary/aromatic N) is 1. The van der Waals surface area contributed by atoms with E-state index < -0.39 is 0 Å². The van der Waals surface area contributed by atoms with E-state index in [0.29, 0.717) is 6.04 Å². The van der Waals surface area contributed by atoms with Crippen LogP contribution in [0, 0.1) is 0 Å². The number of ether oxygens (including phenoxy) is 1. The number of nitrogens with one attached hydrogen (secondary N) is 1. The predicted octanol–water partition coefficient (Wildman–Crippen LogP) is 3.27. The summed E-state index contributed by atoms with van der Waals surface area (Å²) in [6, 6.07) is 9.39. The van der Waals surface area contributed by atoms with Gasteiger partial charge in [-0.05, 0) is 25.0 Å². The molecular weight excluding hydrogens is 236 g/mol. The summed E-state index contributed by atoms with van der Waals surface area (Å²) in [6.45, 7) is 3.70. The molecule has 0 atom stereocenters. The molecule has 2 aliphatic rings. The Kier molecular flexibility index (Phi) is 4.23. The van der Waals surface area contributed by atoms with E-state index >= 15 is 0 Å². The van der Waals surface area contributed by atoms with Crippen LogP contribution in [0.2, 0.25) is 0 Å². The lowest BCUT2D eigenvalue weighted by atomic mass is 9.95. The molecule has 1 N–H and O–H groups in total. The summed E-state index contributed by atoms with van der Waals surface area (Å²) >= 11 is 0. The topological polar surface area (TPSA) is 24.5 Å². The second kappa shape index (κ2) is 6.29. The van der Waals surface area contributed by atoms with E-state index in [1.165, 1.54) is 43.5 Å². The molecule has 1 aliphatic heterocycles. The average molecular weight is 260 g/mol. The minimum absolute atomic E-state index is 0.663. The molecule has 0 radical (unpaired) electrons. The molecule has 1 aromatic carbocycles. The van der Waals surface area contributed by atoms with Gasteiger partial charge in [0, 0.05) is 19.1 Å². The fourth-order valence-electron chi connectivity index (χ4n) is 3.14. The molecule has 0 spiro atoms. The van der Waals surface area contributed by atoms with E-state index in [2.05, 4.69) is 34.5 Å². The molecule has 3 heteroatoms. The molecule has 19 heavy (non-hydrogen) atoms. The molecular formula is C16H24N2O. The van der Waals surface area contributed by atoms with Gasteiger partial charge in [-0.2, -0.15) is 0 Å². The number of benzene rings is 1. The molecule has 104 valence electrons. The highest BCUT2D eigenvalue weighted by molar-refractivity contribution is 5.70. The van der Waals surface area contributed by atoms with Crippen molar-refractivity contribution in [2.24, 2.45) is 0 Å². The van der Waals surface area contributed by atoms with E-state index in [0.717, 1.165) is 26.3 Å². The smallest absolute Gasteiger partial charge is 0.0642 e. The molecule has 0 bridgehead atoms. The standard InChI is InChI=1S/C16H24N2O/c1-2-6-14(7-3-1)17-15-8-4-5-9-16(15)18-10-12-19-13-11-18/h4-5,8-9,14,17H,1-3,6-7,10-13H2. The Morgan fingerprint density at radius 3 is 2.53 bits per heavy atom. The average Bonchev–Trinajstić information content (AvgIpc) is 2.50. The first-order valence-electron chi connectivity index (χ1n) is 7.62. The van der Waals surface area contributed by atoms with Gasteiger partial charge in [0.2, 0.25) is 0 Å². The summed E-state index contributed by atoms with van der Waals surface area (Å²) < 4.78 is 5.45. The van der Waals surface area contributed by atoms with Crippen LogP contribution in [0.4, 0.5) is 11.4 Å². The molecule has 3 nitrogen and oxygen atoms in total. The first kappa shape index (κ1) is 12.8. The predicted molar refractivity (Wildman–Crippen MR) is 80.0 cm³/mol. The molecule has 1 heterocycles. The zero-order valence-corrected chi connectivity index (χ0v) is 11.6. The monoisotopic (exact) mass is 260 g/mol. The van der Waals surface area contributed by atoms with Gasteiger partial charge in [0.15, 0.2) is 0 Å². The van der Waals surface area contributed by atoms with Crippen LogP contribution in [0.25, 0.3) is 0 Å². The van der Waals surface area contributed by atoms with Crippen molar-refractivity contribution in [2.75, 3.05) is 36.5 Å². The van der Waals surface area contributed by atoms with E-state index in [1.807, 2.05) is 0 Å². The maximum Gasteiger partial charge on any atom is 0.0642 e. The van der Waals surface area contributed by atoms with Crippen molar-refractivity contribution >= 4 is 11.4 Å². The van der Waals surface area contributed by atoms with Crippen molar-refractivity contribution in [1.82, 2.24) is 0 Å². The van der Waals surface area contributed by atoms with Crippen LogP contribution in [-0.2, 0) is 4.74 Å². The van der Waals surface area contributed by atoms with Crippen molar-refractivity contribution in [1.29, 1.82) is 0 Å². The number of para-hydroxylation sites is 2. The molecule has 1 saturated heterocycles. The zero-order chi connectivity index (χ0) is 12.9. The van der Waals surface area contributed by atoms with Crippen LogP contribution in [-0.4, -0.2) is 32.3 Å². The van der Waals surface area contributed by atoms with Crippen molar-refractivity contribution < 1.29 is 4.74 Å².